The third-order valence-electron chi connectivity index (χ3n) is 5.00. The Bertz CT molecular complexity index is 996. The van der Waals surface area contributed by atoms with Crippen LogP contribution in [0.1, 0.15) is 19.4 Å². The number of carbonyl (C=O) groups is 2. The molecule has 2 aromatic carbocycles. The van der Waals surface area contributed by atoms with E-state index in [4.69, 9.17) is 4.74 Å². The number of imide groups is 1. The lowest BCUT2D eigenvalue weighted by Crippen LogP contribution is -2.35. The molecule has 2 amide bonds. The summed E-state index contributed by atoms with van der Waals surface area (Å²) in [5.74, 6) is -0.107. The number of ether oxygens (including phenoxy) is 1. The van der Waals surface area contributed by atoms with Crippen LogP contribution in [0, 0.1) is 0 Å². The molecule has 0 saturated heterocycles. The first kappa shape index (κ1) is 22.4. The van der Waals surface area contributed by atoms with E-state index in [1.807, 2.05) is 51.0 Å². The van der Waals surface area contributed by atoms with E-state index in [9.17, 15) is 14.7 Å². The van der Waals surface area contributed by atoms with Gasteiger partial charge in [-0.1, -0.05) is 18.2 Å². The first-order chi connectivity index (χ1) is 14.7. The van der Waals surface area contributed by atoms with Crippen LogP contribution in [-0.2, 0) is 9.59 Å². The predicted molar refractivity (Wildman–Crippen MR) is 122 cm³/mol. The highest BCUT2D eigenvalue weighted by atomic mass is 16.5. The van der Waals surface area contributed by atoms with Crippen LogP contribution in [0.15, 0.2) is 54.2 Å². The number of rotatable bonds is 8. The molecule has 3 rings (SSSR count). The van der Waals surface area contributed by atoms with E-state index in [1.54, 1.807) is 42.3 Å². The zero-order valence-electron chi connectivity index (χ0n) is 18.6. The summed E-state index contributed by atoms with van der Waals surface area (Å²) in [6, 6.07) is 14.4. The van der Waals surface area contributed by atoms with Crippen LogP contribution in [0.3, 0.4) is 0 Å². The molecule has 0 bridgehead atoms. The van der Waals surface area contributed by atoms with Gasteiger partial charge in [0, 0.05) is 33.4 Å². The molecule has 0 spiro atoms. The molecular weight excluding hydrogens is 394 g/mol. The van der Waals surface area contributed by atoms with Gasteiger partial charge in [0.25, 0.3) is 11.8 Å². The van der Waals surface area contributed by atoms with E-state index in [0.717, 1.165) is 5.69 Å². The molecule has 0 atom stereocenters. The maximum atomic E-state index is 13.5. The Morgan fingerprint density at radius 3 is 2.26 bits per heavy atom. The number of anilines is 2. The molecule has 1 N–H and O–H groups in total. The Morgan fingerprint density at radius 1 is 1.00 bits per heavy atom. The van der Waals surface area contributed by atoms with E-state index < -0.39 is 11.8 Å². The lowest BCUT2D eigenvalue weighted by atomic mass is 10.0. The highest BCUT2D eigenvalue weighted by Crippen LogP contribution is 2.35. The minimum absolute atomic E-state index is 0.0328. The zero-order valence-corrected chi connectivity index (χ0v) is 18.6. The number of aliphatic hydroxyl groups excluding tert-OH is 1. The van der Waals surface area contributed by atoms with Crippen LogP contribution >= 0.6 is 0 Å². The minimum Gasteiger partial charge on any atom is -0.491 e. The molecule has 0 saturated carbocycles. The van der Waals surface area contributed by atoms with Crippen molar-refractivity contribution in [3.8, 4) is 5.75 Å². The average Bonchev–Trinajstić information content (AvgIpc) is 2.98. The van der Waals surface area contributed by atoms with Crippen molar-refractivity contribution in [2.24, 2.45) is 0 Å². The van der Waals surface area contributed by atoms with Crippen molar-refractivity contribution in [2.45, 2.75) is 20.0 Å². The molecule has 1 aliphatic heterocycles. The second kappa shape index (κ2) is 9.22. The fraction of sp³-hybridized carbons (Fsp3) is 0.333. The largest absolute Gasteiger partial charge is 0.491 e. The topological polar surface area (TPSA) is 73.3 Å². The van der Waals surface area contributed by atoms with Crippen molar-refractivity contribution in [1.82, 2.24) is 4.90 Å². The SMILES string of the molecule is CC(C)Oc1ccc(C2=C(N(C)CCO)C(=O)N(c3cccc(N(C)C)c3)C2=O)cc1. The number of carbonyl (C=O) groups excluding carboxylic acids is 2. The molecule has 0 aromatic heterocycles. The summed E-state index contributed by atoms with van der Waals surface area (Å²) >= 11 is 0. The highest BCUT2D eigenvalue weighted by molar-refractivity contribution is 6.45. The van der Waals surface area contributed by atoms with Crippen LogP contribution in [-0.4, -0.2) is 62.2 Å². The Kier molecular flexibility index (Phi) is 6.65. The van der Waals surface area contributed by atoms with Crippen LogP contribution < -0.4 is 14.5 Å². The van der Waals surface area contributed by atoms with E-state index in [-0.39, 0.29) is 25.0 Å². The molecule has 0 fully saturated rings. The Labute approximate surface area is 183 Å². The number of hydrogen-bond donors (Lipinski definition) is 1. The van der Waals surface area contributed by atoms with E-state index >= 15 is 0 Å². The van der Waals surface area contributed by atoms with Gasteiger partial charge in [-0.05, 0) is 49.7 Å². The number of nitrogens with zero attached hydrogens (tertiary/aromatic N) is 3. The third kappa shape index (κ3) is 4.56. The predicted octanol–water partition coefficient (Wildman–Crippen LogP) is 2.75. The quantitative estimate of drug-likeness (QED) is 0.659. The molecule has 0 radical (unpaired) electrons. The molecular formula is C24H29N3O4. The van der Waals surface area contributed by atoms with Crippen LogP contribution in [0.4, 0.5) is 11.4 Å². The zero-order chi connectivity index (χ0) is 22.7. The van der Waals surface area contributed by atoms with Crippen molar-refractivity contribution in [3.63, 3.8) is 0 Å². The van der Waals surface area contributed by atoms with Gasteiger partial charge < -0.3 is 19.6 Å². The molecule has 1 aliphatic rings. The number of amides is 2. The van der Waals surface area contributed by atoms with E-state index in [2.05, 4.69) is 0 Å². The Balaban J connectivity index is 2.06. The number of hydrogen-bond acceptors (Lipinski definition) is 6. The van der Waals surface area contributed by atoms with E-state index in [1.165, 1.54) is 4.90 Å². The fourth-order valence-electron chi connectivity index (χ4n) is 3.51. The summed E-state index contributed by atoms with van der Waals surface area (Å²) < 4.78 is 5.69. The second-order valence-corrected chi connectivity index (χ2v) is 7.92. The van der Waals surface area contributed by atoms with Crippen molar-refractivity contribution >= 4 is 28.8 Å². The number of benzene rings is 2. The van der Waals surface area contributed by atoms with Gasteiger partial charge in [0.05, 0.1) is 24.0 Å². The van der Waals surface area contributed by atoms with Crippen LogP contribution in [0.25, 0.3) is 5.57 Å². The second-order valence-electron chi connectivity index (χ2n) is 7.92. The van der Waals surface area contributed by atoms with Gasteiger partial charge in [0.2, 0.25) is 0 Å². The molecule has 31 heavy (non-hydrogen) atoms. The summed E-state index contributed by atoms with van der Waals surface area (Å²) in [7, 11) is 5.50. The van der Waals surface area contributed by atoms with Crippen molar-refractivity contribution < 1.29 is 19.4 Å². The monoisotopic (exact) mass is 423 g/mol. The smallest absolute Gasteiger partial charge is 0.282 e. The Hall–Kier alpha value is -3.32. The third-order valence-corrected chi connectivity index (χ3v) is 5.00. The van der Waals surface area contributed by atoms with Crippen LogP contribution in [0.5, 0.6) is 5.75 Å². The minimum atomic E-state index is -0.408. The van der Waals surface area contributed by atoms with E-state index in [0.29, 0.717) is 22.6 Å². The molecule has 0 aliphatic carbocycles. The number of likely N-dealkylation sites (N-methyl/N-ethyl adjacent to an activating group) is 1. The summed E-state index contributed by atoms with van der Waals surface area (Å²) in [6.07, 6.45) is 0.0328. The van der Waals surface area contributed by atoms with Gasteiger partial charge in [0.1, 0.15) is 11.4 Å². The molecule has 0 unspecified atom stereocenters. The maximum Gasteiger partial charge on any atom is 0.282 e. The van der Waals surface area contributed by atoms with Gasteiger partial charge >= 0.3 is 0 Å². The maximum absolute atomic E-state index is 13.5. The summed E-state index contributed by atoms with van der Waals surface area (Å²) in [5.41, 5.74) is 2.59. The van der Waals surface area contributed by atoms with Gasteiger partial charge in [-0.2, -0.15) is 0 Å². The highest BCUT2D eigenvalue weighted by Gasteiger charge is 2.41. The molecule has 7 heteroatoms. The normalized spacial score (nSPS) is 14.0. The standard InChI is InChI=1S/C24H29N3O4/c1-16(2)31-20-11-9-17(10-12-20)21-22(26(5)13-14-28)24(30)27(23(21)29)19-8-6-7-18(15-19)25(3)4/h6-12,15-16,28H,13-14H2,1-5H3. The molecule has 164 valence electrons. The van der Waals surface area contributed by atoms with Crippen LogP contribution in [0.2, 0.25) is 0 Å². The average molecular weight is 424 g/mol. The van der Waals surface area contributed by atoms with Gasteiger partial charge in [-0.3, -0.25) is 9.59 Å². The summed E-state index contributed by atoms with van der Waals surface area (Å²) in [5, 5.41) is 9.41. The molecule has 1 heterocycles. The lowest BCUT2D eigenvalue weighted by molar-refractivity contribution is -0.120. The van der Waals surface area contributed by atoms with Crippen molar-refractivity contribution in [1.29, 1.82) is 0 Å². The van der Waals surface area contributed by atoms with Crippen molar-refractivity contribution in [3.05, 3.63) is 59.8 Å². The Morgan fingerprint density at radius 2 is 1.68 bits per heavy atom. The first-order valence-electron chi connectivity index (χ1n) is 10.2. The molecule has 2 aromatic rings. The fourth-order valence-corrected chi connectivity index (χ4v) is 3.51. The number of aliphatic hydroxyl groups is 1. The molecule has 7 nitrogen and oxygen atoms in total. The lowest BCUT2D eigenvalue weighted by Gasteiger charge is -2.21. The summed E-state index contributed by atoms with van der Waals surface area (Å²) in [4.78, 5) is 31.6. The van der Waals surface area contributed by atoms with Gasteiger partial charge in [-0.25, -0.2) is 4.90 Å². The first-order valence-corrected chi connectivity index (χ1v) is 10.2. The van der Waals surface area contributed by atoms with Gasteiger partial charge in [-0.15, -0.1) is 0 Å². The summed E-state index contributed by atoms with van der Waals surface area (Å²) in [6.45, 7) is 3.98. The van der Waals surface area contributed by atoms with Gasteiger partial charge in [0.15, 0.2) is 0 Å². The van der Waals surface area contributed by atoms with Crippen molar-refractivity contribution in [2.75, 3.05) is 44.1 Å².